The molecule has 0 radical (unpaired) electrons. The van der Waals surface area contributed by atoms with Gasteiger partial charge in [-0.25, -0.2) is 0 Å². The quantitative estimate of drug-likeness (QED) is 0.153. The molecule has 7 aromatic carbocycles. The Balaban J connectivity index is 1.04. The van der Waals surface area contributed by atoms with Gasteiger partial charge in [0.1, 0.15) is 0 Å². The summed E-state index contributed by atoms with van der Waals surface area (Å²) in [4.78, 5) is 2.33. The number of fused-ring (bicyclic) bond motifs is 6. The summed E-state index contributed by atoms with van der Waals surface area (Å²) < 4.78 is 5.03. The van der Waals surface area contributed by atoms with Crippen molar-refractivity contribution in [1.29, 1.82) is 0 Å². The Hall–Kier alpha value is -6.16. The van der Waals surface area contributed by atoms with Crippen molar-refractivity contribution in [2.24, 2.45) is 0 Å². The van der Waals surface area contributed by atoms with Crippen LogP contribution in [0, 0.1) is 0 Å². The Morgan fingerprint density at radius 2 is 1.04 bits per heavy atom. The van der Waals surface area contributed by atoms with Gasteiger partial charge in [0, 0.05) is 53.7 Å². The number of aromatic nitrogens is 1. The largest absolute Gasteiger partial charge is 0.311 e. The first-order valence-corrected chi connectivity index (χ1v) is 18.3. The second-order valence-electron chi connectivity index (χ2n) is 12.8. The van der Waals surface area contributed by atoms with Crippen molar-refractivity contribution in [1.82, 2.24) is 4.57 Å². The number of hydrogen-bond acceptors (Lipinski definition) is 2. The van der Waals surface area contributed by atoms with Gasteiger partial charge < -0.3 is 9.47 Å². The molecule has 0 unspecified atom stereocenters. The lowest BCUT2D eigenvalue weighted by Crippen LogP contribution is -2.15. The summed E-state index contributed by atoms with van der Waals surface area (Å²) in [6.07, 6.45) is 6.45. The van der Waals surface area contributed by atoms with Crippen molar-refractivity contribution in [3.63, 3.8) is 0 Å². The summed E-state index contributed by atoms with van der Waals surface area (Å²) in [5.41, 5.74) is 11.9. The topological polar surface area (TPSA) is 8.17 Å². The first kappa shape index (κ1) is 30.9. The minimum Gasteiger partial charge on any atom is -0.311 e. The molecule has 2 nitrogen and oxygen atoms in total. The van der Waals surface area contributed by atoms with E-state index >= 15 is 0 Å². The van der Waals surface area contributed by atoms with Gasteiger partial charge in [0.15, 0.2) is 0 Å². The fourth-order valence-electron chi connectivity index (χ4n) is 7.49. The summed E-state index contributed by atoms with van der Waals surface area (Å²) in [5, 5.41) is 5.20. The van der Waals surface area contributed by atoms with E-state index in [4.69, 9.17) is 0 Å². The van der Waals surface area contributed by atoms with Gasteiger partial charge in [-0.2, -0.15) is 0 Å². The smallest absolute Gasteiger partial charge is 0.0541 e. The van der Waals surface area contributed by atoms with Crippen LogP contribution in [-0.4, -0.2) is 4.57 Å². The molecule has 0 saturated carbocycles. The number of thiophene rings is 1. The maximum atomic E-state index is 2.36. The first-order valence-electron chi connectivity index (χ1n) is 17.5. The van der Waals surface area contributed by atoms with E-state index in [0.717, 1.165) is 22.8 Å². The number of benzene rings is 7. The number of nitrogens with zero attached hydrogens (tertiary/aromatic N) is 2. The molecular formula is C48H36N2S. The highest BCUT2D eigenvalue weighted by atomic mass is 32.1. The third kappa shape index (κ3) is 5.34. The van der Waals surface area contributed by atoms with Gasteiger partial charge in [0.05, 0.1) is 11.0 Å². The molecule has 0 saturated heterocycles. The SMILES string of the molecule is C/C=C\C(=C/C)N(c1ccc(-c2ccc(-n3c4ccccc4c4ccccc43)cc2)cc1)c1ccc(-c2cccc3c2sc2ccccc23)cc1. The normalized spacial score (nSPS) is 12.2. The molecule has 2 aromatic heterocycles. The third-order valence-corrected chi connectivity index (χ3v) is 11.1. The molecule has 51 heavy (non-hydrogen) atoms. The minimum absolute atomic E-state index is 1.12. The highest BCUT2D eigenvalue weighted by Gasteiger charge is 2.16. The van der Waals surface area contributed by atoms with Crippen molar-refractivity contribution < 1.29 is 0 Å². The number of allylic oxidation sites excluding steroid dienone is 3. The lowest BCUT2D eigenvalue weighted by molar-refractivity contribution is 1.18. The van der Waals surface area contributed by atoms with E-state index in [1.165, 1.54) is 64.2 Å². The predicted molar refractivity (Wildman–Crippen MR) is 222 cm³/mol. The molecule has 0 amide bonds. The molecule has 0 bridgehead atoms. The maximum absolute atomic E-state index is 2.36. The zero-order valence-electron chi connectivity index (χ0n) is 28.6. The van der Waals surface area contributed by atoms with E-state index in [0.29, 0.717) is 0 Å². The van der Waals surface area contributed by atoms with Gasteiger partial charge >= 0.3 is 0 Å². The van der Waals surface area contributed by atoms with Crippen molar-refractivity contribution in [3.8, 4) is 27.9 Å². The second-order valence-corrected chi connectivity index (χ2v) is 13.9. The Kier molecular flexibility index (Phi) is 7.83. The zero-order chi connectivity index (χ0) is 34.3. The van der Waals surface area contributed by atoms with Crippen molar-refractivity contribution in [3.05, 3.63) is 188 Å². The molecule has 0 aliphatic carbocycles. The minimum atomic E-state index is 1.12. The molecule has 3 heteroatoms. The highest BCUT2D eigenvalue weighted by molar-refractivity contribution is 7.26. The van der Waals surface area contributed by atoms with Crippen LogP contribution >= 0.6 is 11.3 Å². The average molecular weight is 673 g/mol. The van der Waals surface area contributed by atoms with Gasteiger partial charge in [-0.15, -0.1) is 11.3 Å². The van der Waals surface area contributed by atoms with E-state index in [2.05, 4.69) is 205 Å². The van der Waals surface area contributed by atoms with Crippen LogP contribution in [0.4, 0.5) is 11.4 Å². The van der Waals surface area contributed by atoms with Crippen LogP contribution in [0.25, 0.3) is 69.9 Å². The van der Waals surface area contributed by atoms with Gasteiger partial charge in [0.2, 0.25) is 0 Å². The van der Waals surface area contributed by atoms with E-state index < -0.39 is 0 Å². The molecule has 9 aromatic rings. The van der Waals surface area contributed by atoms with Crippen LogP contribution < -0.4 is 4.90 Å². The molecule has 0 aliphatic rings. The van der Waals surface area contributed by atoms with E-state index in [1.807, 2.05) is 11.3 Å². The molecule has 0 N–H and O–H groups in total. The number of anilines is 2. The molecule has 0 fully saturated rings. The summed E-state index contributed by atoms with van der Waals surface area (Å²) in [6.45, 7) is 4.18. The van der Waals surface area contributed by atoms with Crippen molar-refractivity contribution in [2.45, 2.75) is 13.8 Å². The Morgan fingerprint density at radius 1 is 0.510 bits per heavy atom. The van der Waals surface area contributed by atoms with Crippen molar-refractivity contribution in [2.75, 3.05) is 4.90 Å². The molecule has 0 spiro atoms. The standard InChI is InChI=1S/C48H36N2S/c1-3-12-36(4-2)49(38-31-25-35(26-32-38)40-16-11-17-44-43-15-7-10-20-47(43)51-48(40)44)37-27-21-33(22-28-37)34-23-29-39(30-24-34)50-45-18-8-5-13-41(45)42-14-6-9-19-46(42)50/h3-32H,1-2H3/b12-3-,36-4+. The monoisotopic (exact) mass is 672 g/mol. The van der Waals surface area contributed by atoms with E-state index in [9.17, 15) is 0 Å². The average Bonchev–Trinajstić information content (AvgIpc) is 3.74. The molecule has 2 heterocycles. The fourth-order valence-corrected chi connectivity index (χ4v) is 8.73. The lowest BCUT2D eigenvalue weighted by Gasteiger charge is -2.27. The summed E-state index contributed by atoms with van der Waals surface area (Å²) in [7, 11) is 0. The number of rotatable bonds is 7. The third-order valence-electron chi connectivity index (χ3n) is 9.90. The Morgan fingerprint density at radius 3 is 1.65 bits per heavy atom. The Labute approximate surface area is 302 Å². The summed E-state index contributed by atoms with van der Waals surface area (Å²) >= 11 is 1.88. The van der Waals surface area contributed by atoms with Gasteiger partial charge in [0.25, 0.3) is 0 Å². The lowest BCUT2D eigenvalue weighted by atomic mass is 10.0. The van der Waals surface area contributed by atoms with Crippen LogP contribution in [0.15, 0.2) is 188 Å². The molecule has 9 rings (SSSR count). The van der Waals surface area contributed by atoms with E-state index in [1.54, 1.807) is 0 Å². The van der Waals surface area contributed by atoms with Crippen LogP contribution in [0.5, 0.6) is 0 Å². The summed E-state index contributed by atoms with van der Waals surface area (Å²) in [5.74, 6) is 0. The predicted octanol–water partition coefficient (Wildman–Crippen LogP) is 14.1. The second kappa shape index (κ2) is 12.9. The zero-order valence-corrected chi connectivity index (χ0v) is 29.4. The maximum Gasteiger partial charge on any atom is 0.0541 e. The van der Waals surface area contributed by atoms with Crippen LogP contribution in [0.1, 0.15) is 13.8 Å². The Bertz CT molecular complexity index is 2690. The van der Waals surface area contributed by atoms with Gasteiger partial charge in [-0.3, -0.25) is 0 Å². The molecule has 0 aliphatic heterocycles. The molecule has 0 atom stereocenters. The molecule has 244 valence electrons. The summed E-state index contributed by atoms with van der Waals surface area (Å²) in [6, 6.07) is 59.6. The van der Waals surface area contributed by atoms with Gasteiger partial charge in [-0.1, -0.05) is 121 Å². The molecular weight excluding hydrogens is 637 g/mol. The number of para-hydroxylation sites is 2. The van der Waals surface area contributed by atoms with Crippen LogP contribution in [0.3, 0.4) is 0 Å². The fraction of sp³-hybridized carbons (Fsp3) is 0.0417. The van der Waals surface area contributed by atoms with Crippen LogP contribution in [0.2, 0.25) is 0 Å². The van der Waals surface area contributed by atoms with Crippen molar-refractivity contribution >= 4 is 64.7 Å². The van der Waals surface area contributed by atoms with Gasteiger partial charge in [-0.05, 0) is 96.8 Å². The first-order chi connectivity index (χ1) is 25.2. The van der Waals surface area contributed by atoms with Crippen LogP contribution in [-0.2, 0) is 0 Å². The van der Waals surface area contributed by atoms with E-state index in [-0.39, 0.29) is 0 Å². The number of hydrogen-bond donors (Lipinski definition) is 0. The highest BCUT2D eigenvalue weighted by Crippen LogP contribution is 2.41.